The highest BCUT2D eigenvalue weighted by molar-refractivity contribution is 7.14. The lowest BCUT2D eigenvalue weighted by Gasteiger charge is -2.01. The Morgan fingerprint density at radius 1 is 1.26 bits per heavy atom. The molecule has 0 atom stereocenters. The van der Waals surface area contributed by atoms with Gasteiger partial charge in [-0.1, -0.05) is 29.5 Å². The average Bonchev–Trinajstić information content (AvgIpc) is 3.25. The van der Waals surface area contributed by atoms with Gasteiger partial charge >= 0.3 is 5.97 Å². The Hall–Kier alpha value is -2.80. The van der Waals surface area contributed by atoms with Crippen LogP contribution in [0, 0.1) is 0 Å². The monoisotopic (exact) mass is 326 g/mol. The summed E-state index contributed by atoms with van der Waals surface area (Å²) in [5, 5.41) is 12.9. The number of benzene rings is 1. The number of carbonyl (C=O) groups excluding carboxylic acids is 1. The first-order valence-electron chi connectivity index (χ1n) is 7.05. The number of hydrogen-bond acceptors (Lipinski definition) is 6. The van der Waals surface area contributed by atoms with Gasteiger partial charge in [0.05, 0.1) is 12.3 Å². The highest BCUT2D eigenvalue weighted by Crippen LogP contribution is 2.15. The highest BCUT2D eigenvalue weighted by Gasteiger charge is 2.12. The van der Waals surface area contributed by atoms with E-state index in [9.17, 15) is 4.79 Å². The maximum atomic E-state index is 11.5. The van der Waals surface area contributed by atoms with Crippen LogP contribution in [0.2, 0.25) is 0 Å². The number of esters is 1. The van der Waals surface area contributed by atoms with Crippen molar-refractivity contribution in [2.75, 3.05) is 6.61 Å². The molecule has 2 heterocycles. The van der Waals surface area contributed by atoms with Gasteiger partial charge in [-0.25, -0.2) is 9.48 Å². The van der Waals surface area contributed by atoms with E-state index in [1.807, 2.05) is 48.7 Å². The van der Waals surface area contributed by atoms with Gasteiger partial charge in [-0.05, 0) is 36.8 Å². The third kappa shape index (κ3) is 3.70. The SMILES string of the molecule is CCOC(=O)c1nnc(C=Cc2ccc(-n3cccn3)cc2)s1. The fraction of sp³-hybridized carbons (Fsp3) is 0.125. The van der Waals surface area contributed by atoms with E-state index in [2.05, 4.69) is 15.3 Å². The van der Waals surface area contributed by atoms with E-state index in [1.165, 1.54) is 11.3 Å². The van der Waals surface area contributed by atoms with Crippen molar-refractivity contribution >= 4 is 29.5 Å². The van der Waals surface area contributed by atoms with E-state index >= 15 is 0 Å². The van der Waals surface area contributed by atoms with Crippen LogP contribution in [0.4, 0.5) is 0 Å². The lowest BCUT2D eigenvalue weighted by atomic mass is 10.2. The lowest BCUT2D eigenvalue weighted by Crippen LogP contribution is -2.03. The maximum Gasteiger partial charge on any atom is 0.369 e. The van der Waals surface area contributed by atoms with Crippen molar-refractivity contribution in [3.63, 3.8) is 0 Å². The van der Waals surface area contributed by atoms with E-state index in [-0.39, 0.29) is 5.01 Å². The molecule has 0 amide bonds. The van der Waals surface area contributed by atoms with E-state index in [0.717, 1.165) is 11.3 Å². The minimum atomic E-state index is -0.437. The molecule has 1 aromatic carbocycles. The first-order chi connectivity index (χ1) is 11.3. The van der Waals surface area contributed by atoms with Crippen LogP contribution in [0.3, 0.4) is 0 Å². The number of ether oxygens (including phenoxy) is 1. The van der Waals surface area contributed by atoms with Crippen molar-refractivity contribution < 1.29 is 9.53 Å². The van der Waals surface area contributed by atoms with Gasteiger partial charge < -0.3 is 4.74 Å². The number of hydrogen-bond donors (Lipinski definition) is 0. The van der Waals surface area contributed by atoms with Gasteiger partial charge in [0.2, 0.25) is 5.01 Å². The summed E-state index contributed by atoms with van der Waals surface area (Å²) in [5.74, 6) is -0.437. The Kier molecular flexibility index (Phi) is 4.58. The van der Waals surface area contributed by atoms with Crippen LogP contribution in [0.25, 0.3) is 17.8 Å². The smallest absolute Gasteiger partial charge is 0.369 e. The van der Waals surface area contributed by atoms with Crippen LogP contribution in [-0.2, 0) is 4.74 Å². The summed E-state index contributed by atoms with van der Waals surface area (Å²) in [6.45, 7) is 2.08. The van der Waals surface area contributed by atoms with Crippen LogP contribution in [0.1, 0.15) is 27.3 Å². The Morgan fingerprint density at radius 3 is 2.78 bits per heavy atom. The fourth-order valence-corrected chi connectivity index (χ4v) is 2.54. The molecule has 0 saturated carbocycles. The molecular formula is C16H14N4O2S. The molecule has 0 bridgehead atoms. The number of nitrogens with zero attached hydrogens (tertiary/aromatic N) is 4. The van der Waals surface area contributed by atoms with Gasteiger partial charge in [0.25, 0.3) is 0 Å². The number of rotatable bonds is 5. The minimum absolute atomic E-state index is 0.264. The predicted molar refractivity (Wildman–Crippen MR) is 88.4 cm³/mol. The topological polar surface area (TPSA) is 69.9 Å². The zero-order chi connectivity index (χ0) is 16.1. The Morgan fingerprint density at radius 2 is 2.09 bits per heavy atom. The second-order valence-corrected chi connectivity index (χ2v) is 5.55. The van der Waals surface area contributed by atoms with Gasteiger partial charge in [0.1, 0.15) is 5.01 Å². The molecule has 0 saturated heterocycles. The van der Waals surface area contributed by atoms with Gasteiger partial charge in [0, 0.05) is 12.4 Å². The molecule has 0 unspecified atom stereocenters. The summed E-state index contributed by atoms with van der Waals surface area (Å²) in [6, 6.07) is 9.82. The van der Waals surface area contributed by atoms with Gasteiger partial charge in [-0.15, -0.1) is 10.2 Å². The molecule has 3 aromatic rings. The molecule has 23 heavy (non-hydrogen) atoms. The molecule has 116 valence electrons. The zero-order valence-corrected chi connectivity index (χ0v) is 13.2. The third-order valence-electron chi connectivity index (χ3n) is 2.97. The van der Waals surface area contributed by atoms with Gasteiger partial charge in [0.15, 0.2) is 0 Å². The summed E-state index contributed by atoms with van der Waals surface area (Å²) >= 11 is 1.20. The molecule has 0 aliphatic carbocycles. The Bertz CT molecular complexity index is 807. The van der Waals surface area contributed by atoms with Crippen LogP contribution >= 0.6 is 11.3 Å². The molecule has 0 radical (unpaired) electrons. The van der Waals surface area contributed by atoms with E-state index < -0.39 is 5.97 Å². The fourth-order valence-electron chi connectivity index (χ4n) is 1.90. The molecule has 7 heteroatoms. The van der Waals surface area contributed by atoms with E-state index in [1.54, 1.807) is 17.8 Å². The Labute approximate surface area is 137 Å². The van der Waals surface area contributed by atoms with Crippen LogP contribution < -0.4 is 0 Å². The predicted octanol–water partition coefficient (Wildman–Crippen LogP) is 3.07. The molecule has 0 aliphatic rings. The molecule has 3 rings (SSSR count). The van der Waals surface area contributed by atoms with Gasteiger partial charge in [-0.2, -0.15) is 5.10 Å². The minimum Gasteiger partial charge on any atom is -0.461 e. The summed E-state index contributed by atoms with van der Waals surface area (Å²) < 4.78 is 6.68. The van der Waals surface area contributed by atoms with E-state index in [0.29, 0.717) is 11.6 Å². The third-order valence-corrected chi connectivity index (χ3v) is 3.84. The molecule has 6 nitrogen and oxygen atoms in total. The second kappa shape index (κ2) is 6.97. The number of carbonyl (C=O) groups is 1. The molecule has 0 N–H and O–H groups in total. The first-order valence-corrected chi connectivity index (χ1v) is 7.86. The molecular weight excluding hydrogens is 312 g/mol. The van der Waals surface area contributed by atoms with Crippen molar-refractivity contribution in [3.05, 3.63) is 58.3 Å². The van der Waals surface area contributed by atoms with Crippen LogP contribution in [-0.4, -0.2) is 32.6 Å². The highest BCUT2D eigenvalue weighted by atomic mass is 32.1. The largest absolute Gasteiger partial charge is 0.461 e. The lowest BCUT2D eigenvalue weighted by molar-refractivity contribution is 0.0525. The van der Waals surface area contributed by atoms with Crippen LogP contribution in [0.15, 0.2) is 42.7 Å². The van der Waals surface area contributed by atoms with Crippen molar-refractivity contribution in [2.24, 2.45) is 0 Å². The second-order valence-electron chi connectivity index (χ2n) is 4.54. The van der Waals surface area contributed by atoms with Crippen molar-refractivity contribution in [1.82, 2.24) is 20.0 Å². The average molecular weight is 326 g/mol. The molecule has 0 aliphatic heterocycles. The van der Waals surface area contributed by atoms with Gasteiger partial charge in [-0.3, -0.25) is 0 Å². The summed E-state index contributed by atoms with van der Waals surface area (Å²) in [6.07, 6.45) is 7.37. The quantitative estimate of drug-likeness (QED) is 0.674. The van der Waals surface area contributed by atoms with Crippen molar-refractivity contribution in [2.45, 2.75) is 6.92 Å². The summed E-state index contributed by atoms with van der Waals surface area (Å²) in [4.78, 5) is 11.5. The Balaban J connectivity index is 1.69. The van der Waals surface area contributed by atoms with Crippen molar-refractivity contribution in [1.29, 1.82) is 0 Å². The maximum absolute atomic E-state index is 11.5. The molecule has 2 aromatic heterocycles. The summed E-state index contributed by atoms with van der Waals surface area (Å²) in [5.41, 5.74) is 2.02. The van der Waals surface area contributed by atoms with Crippen LogP contribution in [0.5, 0.6) is 0 Å². The zero-order valence-electron chi connectivity index (χ0n) is 12.4. The summed E-state index contributed by atoms with van der Waals surface area (Å²) in [7, 11) is 0. The first kappa shape index (κ1) is 15.1. The van der Waals surface area contributed by atoms with E-state index in [4.69, 9.17) is 4.74 Å². The molecule has 0 fully saturated rings. The molecule has 0 spiro atoms. The van der Waals surface area contributed by atoms with Crippen molar-refractivity contribution in [3.8, 4) is 5.69 Å². The normalized spacial score (nSPS) is 11.0. The number of aromatic nitrogens is 4. The standard InChI is InChI=1S/C16H14N4O2S/c1-2-22-16(21)15-19-18-14(23-15)9-6-12-4-7-13(8-5-12)20-11-3-10-17-20/h3-11H,2H2,1H3.